The lowest BCUT2D eigenvalue weighted by atomic mass is 9.83. The van der Waals surface area contributed by atoms with Gasteiger partial charge in [-0.3, -0.25) is 0 Å². The van der Waals surface area contributed by atoms with Crippen molar-refractivity contribution in [3.05, 3.63) is 29.8 Å². The van der Waals surface area contributed by atoms with Gasteiger partial charge >= 0.3 is 0 Å². The minimum atomic E-state index is 0.341. The van der Waals surface area contributed by atoms with Crippen molar-refractivity contribution in [2.24, 2.45) is 0 Å². The monoisotopic (exact) mass is 289 g/mol. The Labute approximate surface area is 130 Å². The summed E-state index contributed by atoms with van der Waals surface area (Å²) >= 11 is 0. The van der Waals surface area contributed by atoms with Crippen LogP contribution in [0.4, 0.5) is 0 Å². The number of hydrogen-bond acceptors (Lipinski definition) is 2. The third-order valence-corrected chi connectivity index (χ3v) is 4.62. The minimum absolute atomic E-state index is 0.341. The zero-order valence-corrected chi connectivity index (χ0v) is 13.8. The molecule has 0 amide bonds. The van der Waals surface area contributed by atoms with E-state index in [1.54, 1.807) is 0 Å². The molecule has 118 valence electrons. The molecule has 0 bridgehead atoms. The van der Waals surface area contributed by atoms with Gasteiger partial charge in [0.1, 0.15) is 5.75 Å². The highest BCUT2D eigenvalue weighted by molar-refractivity contribution is 5.27. The first-order valence-electron chi connectivity index (χ1n) is 8.69. The summed E-state index contributed by atoms with van der Waals surface area (Å²) in [6, 6.07) is 8.58. The van der Waals surface area contributed by atoms with Crippen LogP contribution < -0.4 is 10.1 Å². The fraction of sp³-hybridized carbons (Fsp3) is 0.684. The Bertz CT molecular complexity index is 393. The van der Waals surface area contributed by atoms with E-state index in [0.717, 1.165) is 25.3 Å². The van der Waals surface area contributed by atoms with Gasteiger partial charge in [-0.2, -0.15) is 0 Å². The van der Waals surface area contributed by atoms with E-state index in [2.05, 4.69) is 43.4 Å². The van der Waals surface area contributed by atoms with E-state index in [0.29, 0.717) is 5.54 Å². The first-order valence-corrected chi connectivity index (χ1v) is 8.69. The number of benzene rings is 1. The Morgan fingerprint density at radius 3 is 2.43 bits per heavy atom. The maximum absolute atomic E-state index is 5.76. The third-order valence-electron chi connectivity index (χ3n) is 4.62. The van der Waals surface area contributed by atoms with Crippen molar-refractivity contribution in [3.8, 4) is 5.75 Å². The summed E-state index contributed by atoms with van der Waals surface area (Å²) in [5, 5.41) is 3.75. The van der Waals surface area contributed by atoms with Crippen molar-refractivity contribution in [1.82, 2.24) is 5.32 Å². The lowest BCUT2D eigenvalue weighted by Gasteiger charge is -2.34. The molecular weight excluding hydrogens is 258 g/mol. The van der Waals surface area contributed by atoms with Crippen LogP contribution >= 0.6 is 0 Å². The fourth-order valence-corrected chi connectivity index (χ4v) is 3.07. The molecule has 0 atom stereocenters. The van der Waals surface area contributed by atoms with Crippen LogP contribution in [0.5, 0.6) is 5.75 Å². The van der Waals surface area contributed by atoms with Crippen molar-refractivity contribution in [2.45, 2.75) is 77.3 Å². The molecule has 1 saturated carbocycles. The largest absolute Gasteiger partial charge is 0.494 e. The van der Waals surface area contributed by atoms with Crippen molar-refractivity contribution in [2.75, 3.05) is 6.61 Å². The first kappa shape index (κ1) is 16.4. The summed E-state index contributed by atoms with van der Waals surface area (Å²) in [6.07, 6.45) is 10.4. The van der Waals surface area contributed by atoms with Crippen LogP contribution in [0.3, 0.4) is 0 Å². The van der Waals surface area contributed by atoms with Gasteiger partial charge in [-0.25, -0.2) is 0 Å². The van der Waals surface area contributed by atoms with Crippen LogP contribution in [-0.4, -0.2) is 12.1 Å². The van der Waals surface area contributed by atoms with Crippen LogP contribution in [0.15, 0.2) is 24.3 Å². The number of ether oxygens (including phenoxy) is 1. The van der Waals surface area contributed by atoms with Crippen molar-refractivity contribution >= 4 is 0 Å². The molecule has 2 heteroatoms. The second-order valence-corrected chi connectivity index (χ2v) is 6.67. The molecule has 2 rings (SSSR count). The predicted molar refractivity (Wildman–Crippen MR) is 89.8 cm³/mol. The van der Waals surface area contributed by atoms with Gasteiger partial charge in [0.05, 0.1) is 6.61 Å². The summed E-state index contributed by atoms with van der Waals surface area (Å²) in [5.41, 5.74) is 1.69. The van der Waals surface area contributed by atoms with Crippen molar-refractivity contribution in [3.63, 3.8) is 0 Å². The average Bonchev–Trinajstić information content (AvgIpc) is 2.52. The Kier molecular flexibility index (Phi) is 6.56. The molecule has 0 heterocycles. The maximum atomic E-state index is 5.76. The highest BCUT2D eigenvalue weighted by Gasteiger charge is 2.25. The lowest BCUT2D eigenvalue weighted by molar-refractivity contribution is 0.252. The van der Waals surface area contributed by atoms with Gasteiger partial charge in [0.2, 0.25) is 0 Å². The molecule has 1 fully saturated rings. The molecule has 0 aromatic heterocycles. The number of unbranched alkanes of at least 4 members (excludes halogenated alkanes) is 2. The molecule has 1 aromatic carbocycles. The molecule has 1 aliphatic rings. The fourth-order valence-electron chi connectivity index (χ4n) is 3.07. The number of rotatable bonds is 8. The zero-order valence-electron chi connectivity index (χ0n) is 13.8. The number of hydrogen-bond donors (Lipinski definition) is 1. The molecule has 2 nitrogen and oxygen atoms in total. The molecule has 0 unspecified atom stereocenters. The van der Waals surface area contributed by atoms with Gasteiger partial charge in [0.25, 0.3) is 0 Å². The number of nitrogens with one attached hydrogen (secondary N) is 1. The van der Waals surface area contributed by atoms with Crippen LogP contribution in [0, 0.1) is 0 Å². The Morgan fingerprint density at radius 1 is 1.05 bits per heavy atom. The third kappa shape index (κ3) is 5.70. The Morgan fingerprint density at radius 2 is 1.76 bits per heavy atom. The quantitative estimate of drug-likeness (QED) is 0.675. The van der Waals surface area contributed by atoms with Crippen molar-refractivity contribution < 1.29 is 4.74 Å². The van der Waals surface area contributed by atoms with Gasteiger partial charge < -0.3 is 10.1 Å². The van der Waals surface area contributed by atoms with E-state index in [1.807, 2.05) is 0 Å². The summed E-state index contributed by atoms with van der Waals surface area (Å²) < 4.78 is 5.76. The zero-order chi connectivity index (χ0) is 15.0. The summed E-state index contributed by atoms with van der Waals surface area (Å²) in [6.45, 7) is 6.39. The van der Waals surface area contributed by atoms with E-state index in [9.17, 15) is 0 Å². The molecule has 0 radical (unpaired) electrons. The van der Waals surface area contributed by atoms with E-state index in [4.69, 9.17) is 4.74 Å². The standard InChI is InChI=1S/C19H31NO/c1-3-4-8-15-21-18-11-9-17(10-12-18)16-20-19(2)13-6-5-7-14-19/h9-12,20H,3-8,13-16H2,1-2H3. The molecule has 0 aliphatic heterocycles. The average molecular weight is 289 g/mol. The lowest BCUT2D eigenvalue weighted by Crippen LogP contribution is -2.43. The van der Waals surface area contributed by atoms with Crippen LogP contribution in [-0.2, 0) is 6.54 Å². The first-order chi connectivity index (χ1) is 10.2. The van der Waals surface area contributed by atoms with Gasteiger partial charge in [-0.1, -0.05) is 51.2 Å². The SMILES string of the molecule is CCCCCOc1ccc(CNC2(C)CCCCC2)cc1. The summed E-state index contributed by atoms with van der Waals surface area (Å²) in [4.78, 5) is 0. The van der Waals surface area contributed by atoms with E-state index >= 15 is 0 Å². The molecule has 21 heavy (non-hydrogen) atoms. The van der Waals surface area contributed by atoms with Crippen molar-refractivity contribution in [1.29, 1.82) is 0 Å². The molecule has 0 spiro atoms. The summed E-state index contributed by atoms with van der Waals surface area (Å²) in [5.74, 6) is 0.999. The summed E-state index contributed by atoms with van der Waals surface area (Å²) in [7, 11) is 0. The van der Waals surface area contributed by atoms with E-state index in [-0.39, 0.29) is 0 Å². The normalized spacial score (nSPS) is 17.6. The second kappa shape index (κ2) is 8.43. The highest BCUT2D eigenvalue weighted by atomic mass is 16.5. The van der Waals surface area contributed by atoms with E-state index in [1.165, 1.54) is 50.5 Å². The molecule has 1 N–H and O–H groups in total. The molecular formula is C19H31NO. The topological polar surface area (TPSA) is 21.3 Å². The Hall–Kier alpha value is -1.02. The smallest absolute Gasteiger partial charge is 0.119 e. The van der Waals surface area contributed by atoms with Gasteiger partial charge in [0.15, 0.2) is 0 Å². The maximum Gasteiger partial charge on any atom is 0.119 e. The van der Waals surface area contributed by atoms with E-state index < -0.39 is 0 Å². The van der Waals surface area contributed by atoms with Gasteiger partial charge in [-0.15, -0.1) is 0 Å². The second-order valence-electron chi connectivity index (χ2n) is 6.67. The molecule has 0 saturated heterocycles. The van der Waals surface area contributed by atoms with Crippen LogP contribution in [0.2, 0.25) is 0 Å². The van der Waals surface area contributed by atoms with Gasteiger partial charge in [0, 0.05) is 12.1 Å². The molecule has 1 aliphatic carbocycles. The Balaban J connectivity index is 1.74. The minimum Gasteiger partial charge on any atom is -0.494 e. The predicted octanol–water partition coefficient (Wildman–Crippen LogP) is 5.07. The highest BCUT2D eigenvalue weighted by Crippen LogP contribution is 2.27. The van der Waals surface area contributed by atoms with Crippen LogP contribution in [0.1, 0.15) is 70.8 Å². The molecule has 1 aromatic rings. The van der Waals surface area contributed by atoms with Crippen LogP contribution in [0.25, 0.3) is 0 Å². The van der Waals surface area contributed by atoms with Gasteiger partial charge in [-0.05, 0) is 43.9 Å².